The molecule has 0 spiro atoms. The number of nitrogens with one attached hydrogen (secondary N) is 1. The normalized spacial score (nSPS) is 10.8. The predicted molar refractivity (Wildman–Crippen MR) is 61.5 cm³/mol. The average Bonchev–Trinajstić information content (AvgIpc) is 2.27. The largest absolute Gasteiger partial charge is 0.384 e. The van der Waals surface area contributed by atoms with Crippen LogP contribution in [0.3, 0.4) is 0 Å². The van der Waals surface area contributed by atoms with Crippen LogP contribution in [0, 0.1) is 16.7 Å². The molecule has 15 heavy (non-hydrogen) atoms. The molecule has 1 heterocycles. The molecule has 0 amide bonds. The summed E-state index contributed by atoms with van der Waals surface area (Å²) in [6.45, 7) is 7.51. The summed E-state index contributed by atoms with van der Waals surface area (Å²) in [5.41, 5.74) is 1.69. The van der Waals surface area contributed by atoms with Crippen molar-refractivity contribution in [1.82, 2.24) is 4.98 Å². The molecule has 0 aromatic carbocycles. The third-order valence-corrected chi connectivity index (χ3v) is 2.60. The van der Waals surface area contributed by atoms with E-state index in [4.69, 9.17) is 5.26 Å². The number of hydrogen-bond acceptors (Lipinski definition) is 3. The Kier molecular flexibility index (Phi) is 3.68. The zero-order valence-electron chi connectivity index (χ0n) is 9.54. The van der Waals surface area contributed by atoms with Crippen LogP contribution in [0.1, 0.15) is 32.9 Å². The standard InChI is InChI=1S/C12H17N3/c1-4-12(2,3)9-15-10-5-6-14-11(7-10)8-13/h5-7H,4,9H2,1-3H3,(H,14,15). The number of rotatable bonds is 4. The summed E-state index contributed by atoms with van der Waals surface area (Å²) < 4.78 is 0. The first kappa shape index (κ1) is 11.5. The molecule has 0 aliphatic heterocycles. The Hall–Kier alpha value is -1.56. The summed E-state index contributed by atoms with van der Waals surface area (Å²) in [5.74, 6) is 0. The number of anilines is 1. The Morgan fingerprint density at radius 1 is 1.53 bits per heavy atom. The first-order chi connectivity index (χ1) is 7.07. The lowest BCUT2D eigenvalue weighted by Crippen LogP contribution is -2.22. The fourth-order valence-electron chi connectivity index (χ4n) is 1.07. The van der Waals surface area contributed by atoms with Crippen LogP contribution in [0.5, 0.6) is 0 Å². The van der Waals surface area contributed by atoms with Crippen molar-refractivity contribution in [3.63, 3.8) is 0 Å². The SMILES string of the molecule is CCC(C)(C)CNc1ccnc(C#N)c1. The topological polar surface area (TPSA) is 48.7 Å². The maximum atomic E-state index is 8.70. The second kappa shape index (κ2) is 4.79. The van der Waals surface area contributed by atoms with Crippen LogP contribution in [0.2, 0.25) is 0 Å². The summed E-state index contributed by atoms with van der Waals surface area (Å²) in [4.78, 5) is 3.92. The molecular weight excluding hydrogens is 186 g/mol. The summed E-state index contributed by atoms with van der Waals surface area (Å²) in [7, 11) is 0. The maximum Gasteiger partial charge on any atom is 0.142 e. The highest BCUT2D eigenvalue weighted by atomic mass is 14.9. The van der Waals surface area contributed by atoms with E-state index in [1.54, 1.807) is 12.3 Å². The number of nitriles is 1. The van der Waals surface area contributed by atoms with Gasteiger partial charge >= 0.3 is 0 Å². The molecule has 0 aliphatic carbocycles. The third-order valence-electron chi connectivity index (χ3n) is 2.60. The van der Waals surface area contributed by atoms with Gasteiger partial charge in [-0.25, -0.2) is 4.98 Å². The summed E-state index contributed by atoms with van der Waals surface area (Å²) in [5, 5.41) is 12.0. The van der Waals surface area contributed by atoms with Crippen LogP contribution in [-0.4, -0.2) is 11.5 Å². The van der Waals surface area contributed by atoms with E-state index in [1.807, 2.05) is 12.1 Å². The molecule has 0 aliphatic rings. The van der Waals surface area contributed by atoms with E-state index in [0.717, 1.165) is 18.7 Å². The zero-order chi connectivity index (χ0) is 11.3. The molecule has 1 aromatic rings. The van der Waals surface area contributed by atoms with Gasteiger partial charge < -0.3 is 5.32 Å². The monoisotopic (exact) mass is 203 g/mol. The lowest BCUT2D eigenvalue weighted by atomic mass is 9.90. The number of aromatic nitrogens is 1. The van der Waals surface area contributed by atoms with Crippen LogP contribution < -0.4 is 5.32 Å². The van der Waals surface area contributed by atoms with E-state index in [0.29, 0.717) is 5.69 Å². The van der Waals surface area contributed by atoms with E-state index in [1.165, 1.54) is 0 Å². The summed E-state index contributed by atoms with van der Waals surface area (Å²) in [6, 6.07) is 5.68. The van der Waals surface area contributed by atoms with Gasteiger partial charge in [-0.2, -0.15) is 5.26 Å². The van der Waals surface area contributed by atoms with Crippen LogP contribution in [-0.2, 0) is 0 Å². The van der Waals surface area contributed by atoms with E-state index in [-0.39, 0.29) is 5.41 Å². The van der Waals surface area contributed by atoms with Crippen molar-refractivity contribution < 1.29 is 0 Å². The van der Waals surface area contributed by atoms with Crippen LogP contribution in [0.25, 0.3) is 0 Å². The molecule has 3 nitrogen and oxygen atoms in total. The molecule has 1 N–H and O–H groups in total. The Bertz CT molecular complexity index is 363. The van der Waals surface area contributed by atoms with Gasteiger partial charge in [0, 0.05) is 18.4 Å². The highest BCUT2D eigenvalue weighted by Crippen LogP contribution is 2.20. The third kappa shape index (κ3) is 3.59. The van der Waals surface area contributed by atoms with Crippen molar-refractivity contribution in [3.05, 3.63) is 24.0 Å². The smallest absolute Gasteiger partial charge is 0.142 e. The van der Waals surface area contributed by atoms with Gasteiger partial charge in [-0.05, 0) is 24.0 Å². The first-order valence-electron chi connectivity index (χ1n) is 5.17. The number of hydrogen-bond donors (Lipinski definition) is 1. The molecule has 0 radical (unpaired) electrons. The van der Waals surface area contributed by atoms with E-state index in [9.17, 15) is 0 Å². The molecule has 0 atom stereocenters. The van der Waals surface area contributed by atoms with Crippen molar-refractivity contribution in [2.75, 3.05) is 11.9 Å². The fraction of sp³-hybridized carbons (Fsp3) is 0.500. The lowest BCUT2D eigenvalue weighted by Gasteiger charge is -2.23. The van der Waals surface area contributed by atoms with E-state index < -0.39 is 0 Å². The molecular formula is C12H17N3. The Morgan fingerprint density at radius 2 is 2.27 bits per heavy atom. The fourth-order valence-corrected chi connectivity index (χ4v) is 1.07. The molecule has 0 bridgehead atoms. The zero-order valence-corrected chi connectivity index (χ0v) is 9.54. The van der Waals surface area contributed by atoms with Gasteiger partial charge in [-0.1, -0.05) is 20.8 Å². The molecule has 80 valence electrons. The van der Waals surface area contributed by atoms with Gasteiger partial charge in [0.05, 0.1) is 0 Å². The Labute approximate surface area is 91.1 Å². The van der Waals surface area contributed by atoms with Crippen LogP contribution in [0.15, 0.2) is 18.3 Å². The minimum Gasteiger partial charge on any atom is -0.384 e. The van der Waals surface area contributed by atoms with Gasteiger partial charge in [-0.15, -0.1) is 0 Å². The minimum absolute atomic E-state index is 0.274. The van der Waals surface area contributed by atoms with Crippen molar-refractivity contribution in [3.8, 4) is 6.07 Å². The van der Waals surface area contributed by atoms with Crippen molar-refractivity contribution in [2.45, 2.75) is 27.2 Å². The van der Waals surface area contributed by atoms with Gasteiger partial charge in [0.2, 0.25) is 0 Å². The first-order valence-corrected chi connectivity index (χ1v) is 5.17. The quantitative estimate of drug-likeness (QED) is 0.818. The molecule has 1 aromatic heterocycles. The Balaban J connectivity index is 2.62. The van der Waals surface area contributed by atoms with Gasteiger partial charge in [0.15, 0.2) is 0 Å². The molecule has 0 unspecified atom stereocenters. The van der Waals surface area contributed by atoms with Crippen molar-refractivity contribution in [2.24, 2.45) is 5.41 Å². The minimum atomic E-state index is 0.274. The van der Waals surface area contributed by atoms with Gasteiger partial charge in [0.1, 0.15) is 11.8 Å². The van der Waals surface area contributed by atoms with Crippen molar-refractivity contribution >= 4 is 5.69 Å². The molecule has 0 fully saturated rings. The van der Waals surface area contributed by atoms with Gasteiger partial charge in [-0.3, -0.25) is 0 Å². The number of nitrogens with zero attached hydrogens (tertiary/aromatic N) is 2. The Morgan fingerprint density at radius 3 is 2.87 bits per heavy atom. The maximum absolute atomic E-state index is 8.70. The second-order valence-corrected chi connectivity index (χ2v) is 4.41. The molecule has 1 rings (SSSR count). The number of pyridine rings is 1. The predicted octanol–water partition coefficient (Wildman–Crippen LogP) is 2.80. The summed E-state index contributed by atoms with van der Waals surface area (Å²) >= 11 is 0. The van der Waals surface area contributed by atoms with Gasteiger partial charge in [0.25, 0.3) is 0 Å². The van der Waals surface area contributed by atoms with E-state index in [2.05, 4.69) is 31.1 Å². The van der Waals surface area contributed by atoms with Crippen LogP contribution in [0.4, 0.5) is 5.69 Å². The molecule has 0 saturated carbocycles. The summed E-state index contributed by atoms with van der Waals surface area (Å²) in [6.07, 6.45) is 2.77. The molecule has 0 saturated heterocycles. The highest BCUT2D eigenvalue weighted by molar-refractivity contribution is 5.45. The second-order valence-electron chi connectivity index (χ2n) is 4.41. The van der Waals surface area contributed by atoms with Crippen LogP contribution >= 0.6 is 0 Å². The lowest BCUT2D eigenvalue weighted by molar-refractivity contribution is 0.377. The highest BCUT2D eigenvalue weighted by Gasteiger charge is 2.14. The van der Waals surface area contributed by atoms with Crippen molar-refractivity contribution in [1.29, 1.82) is 5.26 Å². The molecule has 3 heteroatoms. The van der Waals surface area contributed by atoms with E-state index >= 15 is 0 Å². The average molecular weight is 203 g/mol.